The lowest BCUT2D eigenvalue weighted by Crippen LogP contribution is -2.27. The van der Waals surface area contributed by atoms with Gasteiger partial charge in [0.2, 0.25) is 0 Å². The van der Waals surface area contributed by atoms with E-state index in [1.807, 2.05) is 0 Å². The third-order valence-electron chi connectivity index (χ3n) is 5.16. The fourth-order valence-corrected chi connectivity index (χ4v) is 2.93. The van der Waals surface area contributed by atoms with Crippen LogP contribution >= 0.6 is 0 Å². The first kappa shape index (κ1) is 16.0. The van der Waals surface area contributed by atoms with Gasteiger partial charge in [-0.2, -0.15) is 0 Å². The van der Waals surface area contributed by atoms with Crippen molar-refractivity contribution >= 4 is 0 Å². The minimum absolute atomic E-state index is 0.542. The van der Waals surface area contributed by atoms with Gasteiger partial charge >= 0.3 is 0 Å². The van der Waals surface area contributed by atoms with Gasteiger partial charge in [-0.05, 0) is 36.0 Å². The fraction of sp³-hybridized carbons (Fsp3) is 0.938. The number of hydrogen-bond acceptors (Lipinski definition) is 0. The molecular formula is C16H33. The Kier molecular flexibility index (Phi) is 7.35. The van der Waals surface area contributed by atoms with Crippen LogP contribution in [-0.4, -0.2) is 0 Å². The Hall–Kier alpha value is 0. The molecule has 0 aromatic rings. The van der Waals surface area contributed by atoms with E-state index >= 15 is 0 Å². The second-order valence-corrected chi connectivity index (χ2v) is 5.88. The van der Waals surface area contributed by atoms with Crippen molar-refractivity contribution in [3.8, 4) is 0 Å². The molecule has 0 saturated heterocycles. The highest BCUT2D eigenvalue weighted by Gasteiger charge is 2.29. The van der Waals surface area contributed by atoms with Crippen molar-refractivity contribution in [1.82, 2.24) is 0 Å². The molecule has 3 unspecified atom stereocenters. The van der Waals surface area contributed by atoms with Crippen LogP contribution in [0.2, 0.25) is 0 Å². The summed E-state index contributed by atoms with van der Waals surface area (Å²) in [5.74, 6) is 2.48. The van der Waals surface area contributed by atoms with Crippen molar-refractivity contribution in [2.45, 2.75) is 74.1 Å². The van der Waals surface area contributed by atoms with Gasteiger partial charge in [-0.3, -0.25) is 0 Å². The second-order valence-electron chi connectivity index (χ2n) is 5.88. The van der Waals surface area contributed by atoms with Crippen LogP contribution in [0.25, 0.3) is 0 Å². The topological polar surface area (TPSA) is 0 Å². The first-order valence-electron chi connectivity index (χ1n) is 7.24. The van der Waals surface area contributed by atoms with Gasteiger partial charge in [0.15, 0.2) is 0 Å². The Morgan fingerprint density at radius 1 is 1.06 bits per heavy atom. The zero-order valence-electron chi connectivity index (χ0n) is 12.6. The number of rotatable bonds is 8. The average Bonchev–Trinajstić information content (AvgIpc) is 2.29. The van der Waals surface area contributed by atoms with E-state index < -0.39 is 0 Å². The molecule has 0 heteroatoms. The SMILES string of the molecule is C[CH]C(CC)C(C)CC(C)C(C)(CC)CC. The molecule has 0 saturated carbocycles. The molecule has 0 nitrogen and oxygen atoms in total. The standard InChI is InChI=1S/C16H33/c1-8-15(9-2)13(5)12-14(6)16(7,10-3)11-4/h8,13-15H,9-12H2,1-7H3. The summed E-state index contributed by atoms with van der Waals surface area (Å²) in [6, 6.07) is 0. The summed E-state index contributed by atoms with van der Waals surface area (Å²) in [5, 5.41) is 0. The number of hydrogen-bond donors (Lipinski definition) is 0. The summed E-state index contributed by atoms with van der Waals surface area (Å²) in [6.45, 7) is 16.5. The van der Waals surface area contributed by atoms with Crippen LogP contribution in [-0.2, 0) is 0 Å². The predicted molar refractivity (Wildman–Crippen MR) is 75.4 cm³/mol. The lowest BCUT2D eigenvalue weighted by atomic mass is 9.69. The van der Waals surface area contributed by atoms with E-state index in [1.54, 1.807) is 0 Å². The van der Waals surface area contributed by atoms with Gasteiger partial charge in [-0.1, -0.05) is 67.7 Å². The quantitative estimate of drug-likeness (QED) is 0.495. The molecule has 1 radical (unpaired) electrons. The van der Waals surface area contributed by atoms with Crippen molar-refractivity contribution in [3.05, 3.63) is 6.42 Å². The van der Waals surface area contributed by atoms with Crippen LogP contribution in [0.4, 0.5) is 0 Å². The van der Waals surface area contributed by atoms with E-state index in [0.717, 1.165) is 17.8 Å². The van der Waals surface area contributed by atoms with E-state index in [1.165, 1.54) is 25.7 Å². The Morgan fingerprint density at radius 3 is 1.88 bits per heavy atom. The van der Waals surface area contributed by atoms with E-state index in [-0.39, 0.29) is 0 Å². The van der Waals surface area contributed by atoms with Crippen molar-refractivity contribution < 1.29 is 0 Å². The molecule has 16 heavy (non-hydrogen) atoms. The zero-order valence-corrected chi connectivity index (χ0v) is 12.6. The maximum absolute atomic E-state index is 2.46. The van der Waals surface area contributed by atoms with Gasteiger partial charge in [-0.15, -0.1) is 0 Å². The summed E-state index contributed by atoms with van der Waals surface area (Å²) in [5.41, 5.74) is 0.542. The van der Waals surface area contributed by atoms with Crippen LogP contribution < -0.4 is 0 Å². The van der Waals surface area contributed by atoms with Gasteiger partial charge in [-0.25, -0.2) is 0 Å². The molecule has 0 spiro atoms. The fourth-order valence-electron chi connectivity index (χ4n) is 2.93. The van der Waals surface area contributed by atoms with Crippen LogP contribution in [0, 0.1) is 29.6 Å². The molecule has 0 amide bonds. The third kappa shape index (κ3) is 4.11. The molecule has 0 bridgehead atoms. The summed E-state index contributed by atoms with van der Waals surface area (Å²) in [7, 11) is 0. The maximum Gasteiger partial charge on any atom is -0.0305 e. The molecule has 0 aliphatic carbocycles. The highest BCUT2D eigenvalue weighted by Crippen LogP contribution is 2.39. The Morgan fingerprint density at radius 2 is 1.56 bits per heavy atom. The van der Waals surface area contributed by atoms with E-state index in [0.29, 0.717) is 5.41 Å². The van der Waals surface area contributed by atoms with Crippen LogP contribution in [0.15, 0.2) is 0 Å². The lowest BCUT2D eigenvalue weighted by Gasteiger charge is -2.37. The monoisotopic (exact) mass is 225 g/mol. The minimum Gasteiger partial charge on any atom is -0.0651 e. The molecule has 0 aliphatic heterocycles. The molecule has 0 fully saturated rings. The molecule has 0 heterocycles. The van der Waals surface area contributed by atoms with Crippen LogP contribution in [0.5, 0.6) is 0 Å². The zero-order chi connectivity index (χ0) is 12.8. The van der Waals surface area contributed by atoms with Crippen molar-refractivity contribution in [2.75, 3.05) is 0 Å². The Balaban J connectivity index is 4.37. The first-order valence-corrected chi connectivity index (χ1v) is 7.24. The maximum atomic E-state index is 2.46. The van der Waals surface area contributed by atoms with E-state index in [4.69, 9.17) is 0 Å². The van der Waals surface area contributed by atoms with Gasteiger partial charge in [0.25, 0.3) is 0 Å². The summed E-state index contributed by atoms with van der Waals surface area (Å²) in [4.78, 5) is 0. The van der Waals surface area contributed by atoms with Crippen molar-refractivity contribution in [1.29, 1.82) is 0 Å². The molecule has 3 atom stereocenters. The highest BCUT2D eigenvalue weighted by atomic mass is 14.3. The molecule has 0 aromatic carbocycles. The third-order valence-corrected chi connectivity index (χ3v) is 5.16. The lowest BCUT2D eigenvalue weighted by molar-refractivity contribution is 0.144. The molecule has 97 valence electrons. The predicted octanol–water partition coefficient (Wildman–Crippen LogP) is 5.73. The largest absolute Gasteiger partial charge is 0.0651 e. The van der Waals surface area contributed by atoms with E-state index in [9.17, 15) is 0 Å². The Bertz CT molecular complexity index is 163. The minimum atomic E-state index is 0.542. The van der Waals surface area contributed by atoms with Crippen molar-refractivity contribution in [2.24, 2.45) is 23.2 Å². The Labute approximate surface area is 104 Å². The first-order chi connectivity index (χ1) is 7.45. The normalized spacial score (nSPS) is 16.5. The van der Waals surface area contributed by atoms with Gasteiger partial charge in [0.1, 0.15) is 0 Å². The molecular weight excluding hydrogens is 192 g/mol. The average molecular weight is 225 g/mol. The van der Waals surface area contributed by atoms with Crippen LogP contribution in [0.3, 0.4) is 0 Å². The molecule has 0 rings (SSSR count). The highest BCUT2D eigenvalue weighted by molar-refractivity contribution is 4.82. The molecule has 0 aliphatic rings. The van der Waals surface area contributed by atoms with Crippen molar-refractivity contribution in [3.63, 3.8) is 0 Å². The summed E-state index contributed by atoms with van der Waals surface area (Å²) in [6.07, 6.45) is 7.68. The smallest absolute Gasteiger partial charge is 0.0305 e. The summed E-state index contributed by atoms with van der Waals surface area (Å²) >= 11 is 0. The summed E-state index contributed by atoms with van der Waals surface area (Å²) < 4.78 is 0. The van der Waals surface area contributed by atoms with Crippen LogP contribution in [0.1, 0.15) is 74.1 Å². The second kappa shape index (κ2) is 7.35. The molecule has 0 N–H and O–H groups in total. The van der Waals surface area contributed by atoms with Gasteiger partial charge < -0.3 is 0 Å². The van der Waals surface area contributed by atoms with Gasteiger partial charge in [0, 0.05) is 0 Å². The molecule has 0 aromatic heterocycles. The van der Waals surface area contributed by atoms with E-state index in [2.05, 4.69) is 54.9 Å². The van der Waals surface area contributed by atoms with Gasteiger partial charge in [0.05, 0.1) is 0 Å².